The molecule has 0 heterocycles. The summed E-state index contributed by atoms with van der Waals surface area (Å²) in [7, 11) is 0. The van der Waals surface area contributed by atoms with Crippen LogP contribution in [0.1, 0.15) is 36.0 Å². The van der Waals surface area contributed by atoms with Crippen molar-refractivity contribution >= 4 is 17.5 Å². The molecule has 4 heteroatoms. The van der Waals surface area contributed by atoms with Gasteiger partial charge in [0.25, 0.3) is 5.91 Å². The Hall–Kier alpha value is -1.09. The fourth-order valence-corrected chi connectivity index (χ4v) is 2.76. The second kappa shape index (κ2) is 6.19. The first-order chi connectivity index (χ1) is 8.65. The highest BCUT2D eigenvalue weighted by atomic mass is 35.5. The molecule has 0 aromatic heterocycles. The van der Waals surface area contributed by atoms with Crippen LogP contribution in [0.4, 0.5) is 4.39 Å². The molecular weight excluding hydrogens is 253 g/mol. The zero-order valence-electron chi connectivity index (χ0n) is 10.2. The number of alkyl halides is 1. The van der Waals surface area contributed by atoms with E-state index in [-0.39, 0.29) is 17.1 Å². The number of carbonyl (C=O) groups excluding carboxylic acids is 1. The van der Waals surface area contributed by atoms with Gasteiger partial charge in [-0.2, -0.15) is 0 Å². The van der Waals surface area contributed by atoms with Gasteiger partial charge in [-0.05, 0) is 49.4 Å². The maximum absolute atomic E-state index is 12.7. The van der Waals surface area contributed by atoms with Crippen molar-refractivity contribution < 1.29 is 9.18 Å². The Kier molecular flexibility index (Phi) is 4.59. The molecule has 2 nitrogen and oxygen atoms in total. The number of hydrogen-bond donors (Lipinski definition) is 1. The number of rotatable bonds is 3. The summed E-state index contributed by atoms with van der Waals surface area (Å²) in [4.78, 5) is 11.8. The van der Waals surface area contributed by atoms with E-state index < -0.39 is 0 Å². The van der Waals surface area contributed by atoms with Crippen LogP contribution in [0.3, 0.4) is 0 Å². The number of hydrogen-bond acceptors (Lipinski definition) is 1. The summed E-state index contributed by atoms with van der Waals surface area (Å²) in [5.41, 5.74) is 0.495. The Labute approximate surface area is 112 Å². The SMILES string of the molecule is O=C(NCC1CCCC(Cl)C1)c1ccc(F)cc1. The van der Waals surface area contributed by atoms with Crippen LogP contribution in [0.25, 0.3) is 0 Å². The molecule has 1 N–H and O–H groups in total. The van der Waals surface area contributed by atoms with Gasteiger partial charge in [-0.1, -0.05) is 6.42 Å². The molecule has 98 valence electrons. The van der Waals surface area contributed by atoms with Gasteiger partial charge >= 0.3 is 0 Å². The predicted octanol–water partition coefficient (Wildman–Crippen LogP) is 3.35. The smallest absolute Gasteiger partial charge is 0.251 e. The van der Waals surface area contributed by atoms with Gasteiger partial charge in [-0.15, -0.1) is 11.6 Å². The molecule has 0 aliphatic heterocycles. The first-order valence-electron chi connectivity index (χ1n) is 6.33. The van der Waals surface area contributed by atoms with Crippen molar-refractivity contribution in [3.05, 3.63) is 35.6 Å². The van der Waals surface area contributed by atoms with Crippen LogP contribution >= 0.6 is 11.6 Å². The normalized spacial score (nSPS) is 23.7. The number of amides is 1. The Morgan fingerprint density at radius 1 is 1.33 bits per heavy atom. The van der Waals surface area contributed by atoms with Crippen LogP contribution in [0.5, 0.6) is 0 Å². The second-order valence-corrected chi connectivity index (χ2v) is 5.46. The number of halogens is 2. The molecule has 0 bridgehead atoms. The molecule has 1 aromatic carbocycles. The lowest BCUT2D eigenvalue weighted by molar-refractivity contribution is 0.0943. The van der Waals surface area contributed by atoms with Crippen LogP contribution in [0.2, 0.25) is 0 Å². The second-order valence-electron chi connectivity index (χ2n) is 4.85. The molecule has 18 heavy (non-hydrogen) atoms. The molecule has 1 fully saturated rings. The van der Waals surface area contributed by atoms with E-state index in [4.69, 9.17) is 11.6 Å². The maximum Gasteiger partial charge on any atom is 0.251 e. The lowest BCUT2D eigenvalue weighted by atomic mass is 9.89. The summed E-state index contributed by atoms with van der Waals surface area (Å²) in [6.07, 6.45) is 4.29. The van der Waals surface area contributed by atoms with E-state index in [1.165, 1.54) is 24.3 Å². The van der Waals surface area contributed by atoms with Gasteiger partial charge in [-0.25, -0.2) is 4.39 Å². The molecule has 0 radical (unpaired) electrons. The quantitative estimate of drug-likeness (QED) is 0.838. The highest BCUT2D eigenvalue weighted by molar-refractivity contribution is 6.20. The van der Waals surface area contributed by atoms with Crippen LogP contribution < -0.4 is 5.32 Å². The van der Waals surface area contributed by atoms with Crippen molar-refractivity contribution in [3.63, 3.8) is 0 Å². The third kappa shape index (κ3) is 3.70. The first kappa shape index (κ1) is 13.3. The van der Waals surface area contributed by atoms with E-state index in [2.05, 4.69) is 5.32 Å². The van der Waals surface area contributed by atoms with E-state index >= 15 is 0 Å². The van der Waals surface area contributed by atoms with E-state index in [9.17, 15) is 9.18 Å². The van der Waals surface area contributed by atoms with E-state index in [0.29, 0.717) is 18.0 Å². The molecule has 0 saturated heterocycles. The van der Waals surface area contributed by atoms with Gasteiger partial charge in [0.15, 0.2) is 0 Å². The van der Waals surface area contributed by atoms with E-state index in [0.717, 1.165) is 25.7 Å². The third-order valence-electron chi connectivity index (χ3n) is 3.38. The Morgan fingerprint density at radius 3 is 2.72 bits per heavy atom. The molecule has 1 amide bonds. The van der Waals surface area contributed by atoms with Crippen LogP contribution in [0.15, 0.2) is 24.3 Å². The van der Waals surface area contributed by atoms with Crippen molar-refractivity contribution in [3.8, 4) is 0 Å². The fourth-order valence-electron chi connectivity index (χ4n) is 2.35. The summed E-state index contributed by atoms with van der Waals surface area (Å²) < 4.78 is 12.7. The third-order valence-corrected chi connectivity index (χ3v) is 3.77. The zero-order valence-corrected chi connectivity index (χ0v) is 10.9. The van der Waals surface area contributed by atoms with Gasteiger partial charge in [0.2, 0.25) is 0 Å². The Bertz CT molecular complexity index is 407. The Balaban J connectivity index is 1.82. The average molecular weight is 270 g/mol. The zero-order chi connectivity index (χ0) is 13.0. The maximum atomic E-state index is 12.7. The number of nitrogens with one attached hydrogen (secondary N) is 1. The molecule has 1 aromatic rings. The summed E-state index contributed by atoms with van der Waals surface area (Å²) in [6, 6.07) is 5.58. The minimum Gasteiger partial charge on any atom is -0.352 e. The topological polar surface area (TPSA) is 29.1 Å². The lowest BCUT2D eigenvalue weighted by Gasteiger charge is -2.25. The minimum atomic E-state index is -0.330. The summed E-state index contributed by atoms with van der Waals surface area (Å²) in [6.45, 7) is 0.652. The molecule has 1 aliphatic rings. The molecule has 2 atom stereocenters. The fraction of sp³-hybridized carbons (Fsp3) is 0.500. The van der Waals surface area contributed by atoms with Crippen LogP contribution in [-0.4, -0.2) is 17.8 Å². The molecule has 0 spiro atoms. The number of benzene rings is 1. The first-order valence-corrected chi connectivity index (χ1v) is 6.76. The van der Waals surface area contributed by atoms with Crippen LogP contribution in [0, 0.1) is 11.7 Å². The van der Waals surface area contributed by atoms with Crippen molar-refractivity contribution in [2.24, 2.45) is 5.92 Å². The molecule has 1 aliphatic carbocycles. The summed E-state index contributed by atoms with van der Waals surface area (Å²) >= 11 is 6.11. The average Bonchev–Trinajstić information content (AvgIpc) is 2.37. The molecule has 2 rings (SSSR count). The van der Waals surface area contributed by atoms with E-state index in [1.807, 2.05) is 0 Å². The predicted molar refractivity (Wildman–Crippen MR) is 70.3 cm³/mol. The summed E-state index contributed by atoms with van der Waals surface area (Å²) in [5, 5.41) is 3.13. The molecular formula is C14H17ClFNO. The minimum absolute atomic E-state index is 0.147. The molecule has 1 saturated carbocycles. The largest absolute Gasteiger partial charge is 0.352 e. The monoisotopic (exact) mass is 269 g/mol. The highest BCUT2D eigenvalue weighted by Crippen LogP contribution is 2.27. The Morgan fingerprint density at radius 2 is 2.06 bits per heavy atom. The van der Waals surface area contributed by atoms with Gasteiger partial charge in [0.05, 0.1) is 0 Å². The standard InChI is InChI=1S/C14H17ClFNO/c15-12-3-1-2-10(8-12)9-17-14(18)11-4-6-13(16)7-5-11/h4-7,10,12H,1-3,8-9H2,(H,17,18). The van der Waals surface area contributed by atoms with Crippen molar-refractivity contribution in [1.29, 1.82) is 0 Å². The van der Waals surface area contributed by atoms with E-state index in [1.54, 1.807) is 0 Å². The van der Waals surface area contributed by atoms with Gasteiger partial charge in [-0.3, -0.25) is 4.79 Å². The van der Waals surface area contributed by atoms with Crippen molar-refractivity contribution in [1.82, 2.24) is 5.32 Å². The van der Waals surface area contributed by atoms with Gasteiger partial charge < -0.3 is 5.32 Å². The molecule has 2 unspecified atom stereocenters. The van der Waals surface area contributed by atoms with Gasteiger partial charge in [0, 0.05) is 17.5 Å². The lowest BCUT2D eigenvalue weighted by Crippen LogP contribution is -2.32. The number of carbonyl (C=O) groups is 1. The van der Waals surface area contributed by atoms with Gasteiger partial charge in [0.1, 0.15) is 5.82 Å². The summed E-state index contributed by atoms with van der Waals surface area (Å²) in [5.74, 6) is -0.0128. The van der Waals surface area contributed by atoms with Crippen LogP contribution in [-0.2, 0) is 0 Å². The van der Waals surface area contributed by atoms with Crippen molar-refractivity contribution in [2.45, 2.75) is 31.1 Å². The van der Waals surface area contributed by atoms with Crippen molar-refractivity contribution in [2.75, 3.05) is 6.54 Å². The highest BCUT2D eigenvalue weighted by Gasteiger charge is 2.20.